The summed E-state index contributed by atoms with van der Waals surface area (Å²) in [7, 11) is 1.93. The molecule has 0 bridgehead atoms. The van der Waals surface area contributed by atoms with Crippen LogP contribution < -0.4 is 5.32 Å². The molecule has 1 nitrogen and oxygen atoms in total. The van der Waals surface area contributed by atoms with Crippen LogP contribution in [0.25, 0.3) is 10.4 Å². The van der Waals surface area contributed by atoms with E-state index in [9.17, 15) is 0 Å². The molecule has 2 rings (SSSR count). The lowest BCUT2D eigenvalue weighted by Crippen LogP contribution is -2.03. The first-order chi connectivity index (χ1) is 7.70. The molecule has 1 aromatic heterocycles. The van der Waals surface area contributed by atoms with Crippen molar-refractivity contribution < 1.29 is 0 Å². The first kappa shape index (κ1) is 11.9. The average Bonchev–Trinajstić information content (AvgIpc) is 2.71. The third kappa shape index (κ3) is 2.58. The summed E-state index contributed by atoms with van der Waals surface area (Å²) in [4.78, 5) is 1.15. The van der Waals surface area contributed by atoms with Crippen LogP contribution in [0.3, 0.4) is 0 Å². The van der Waals surface area contributed by atoms with Crippen LogP contribution in [-0.4, -0.2) is 7.05 Å². The molecule has 16 heavy (non-hydrogen) atoms. The van der Waals surface area contributed by atoms with Crippen LogP contribution in [0.2, 0.25) is 10.0 Å². The normalized spacial score (nSPS) is 10.7. The molecule has 1 N–H and O–H groups in total. The molecule has 1 aromatic carbocycles. The van der Waals surface area contributed by atoms with E-state index in [1.54, 1.807) is 17.4 Å². The smallest absolute Gasteiger partial charge is 0.0493 e. The fraction of sp³-hybridized carbons (Fsp3) is 0.167. The number of nitrogens with one attached hydrogen (secondary N) is 1. The molecule has 0 atom stereocenters. The number of rotatable bonds is 3. The fourth-order valence-corrected chi connectivity index (χ4v) is 2.89. The molecule has 1 heterocycles. The van der Waals surface area contributed by atoms with Gasteiger partial charge >= 0.3 is 0 Å². The molecule has 0 saturated carbocycles. The predicted molar refractivity (Wildman–Crippen MR) is 72.5 cm³/mol. The quantitative estimate of drug-likeness (QED) is 0.870. The zero-order chi connectivity index (χ0) is 11.5. The second kappa shape index (κ2) is 5.19. The molecule has 0 aliphatic rings. The minimum atomic E-state index is 0.711. The summed E-state index contributed by atoms with van der Waals surface area (Å²) in [5.41, 5.74) is 2.26. The topological polar surface area (TPSA) is 12.0 Å². The second-order valence-electron chi connectivity index (χ2n) is 3.47. The number of halogens is 2. The van der Waals surface area contributed by atoms with Crippen LogP contribution in [0, 0.1) is 0 Å². The van der Waals surface area contributed by atoms with Gasteiger partial charge in [0.25, 0.3) is 0 Å². The highest BCUT2D eigenvalue weighted by molar-refractivity contribution is 7.13. The largest absolute Gasteiger partial charge is 0.316 e. The fourth-order valence-electron chi connectivity index (χ4n) is 1.50. The zero-order valence-corrected chi connectivity index (χ0v) is 11.1. The molecule has 0 aliphatic heterocycles. The number of benzene rings is 1. The summed E-state index contributed by atoms with van der Waals surface area (Å²) >= 11 is 13.8. The van der Waals surface area contributed by atoms with Crippen LogP contribution in [0.4, 0.5) is 0 Å². The predicted octanol–water partition coefficient (Wildman–Crippen LogP) is 4.44. The van der Waals surface area contributed by atoms with E-state index < -0.39 is 0 Å². The first-order valence-electron chi connectivity index (χ1n) is 4.88. The molecular weight excluding hydrogens is 261 g/mol. The SMILES string of the molecule is CNCc1csc(-c2cc(Cl)ccc2Cl)c1. The highest BCUT2D eigenvalue weighted by atomic mass is 35.5. The van der Waals surface area contributed by atoms with Gasteiger partial charge in [-0.3, -0.25) is 0 Å². The summed E-state index contributed by atoms with van der Waals surface area (Å²) < 4.78 is 0. The van der Waals surface area contributed by atoms with E-state index in [1.807, 2.05) is 19.2 Å². The van der Waals surface area contributed by atoms with Gasteiger partial charge in [0.2, 0.25) is 0 Å². The van der Waals surface area contributed by atoms with E-state index in [-0.39, 0.29) is 0 Å². The van der Waals surface area contributed by atoms with Crippen molar-refractivity contribution >= 4 is 34.5 Å². The molecule has 0 fully saturated rings. The Kier molecular flexibility index (Phi) is 3.87. The lowest BCUT2D eigenvalue weighted by atomic mass is 10.1. The molecule has 84 valence electrons. The Bertz CT molecular complexity index is 494. The van der Waals surface area contributed by atoms with Gasteiger partial charge in [0.1, 0.15) is 0 Å². The third-order valence-corrected chi connectivity index (χ3v) is 3.81. The van der Waals surface area contributed by atoms with Gasteiger partial charge in [0.05, 0.1) is 0 Å². The van der Waals surface area contributed by atoms with Crippen molar-refractivity contribution in [3.05, 3.63) is 45.3 Å². The Morgan fingerprint density at radius 1 is 1.25 bits per heavy atom. The molecule has 0 aliphatic carbocycles. The van der Waals surface area contributed by atoms with Gasteiger partial charge in [0.15, 0.2) is 0 Å². The van der Waals surface area contributed by atoms with Crippen LogP contribution >= 0.6 is 34.5 Å². The van der Waals surface area contributed by atoms with Crippen LogP contribution in [0.5, 0.6) is 0 Å². The van der Waals surface area contributed by atoms with Crippen molar-refractivity contribution in [2.24, 2.45) is 0 Å². The Hall–Kier alpha value is -0.540. The third-order valence-electron chi connectivity index (χ3n) is 2.23. The molecule has 2 aromatic rings. The first-order valence-corrected chi connectivity index (χ1v) is 6.51. The van der Waals surface area contributed by atoms with Gasteiger partial charge in [-0.1, -0.05) is 23.2 Å². The summed E-state index contributed by atoms with van der Waals surface area (Å²) in [6, 6.07) is 7.67. The van der Waals surface area contributed by atoms with E-state index in [2.05, 4.69) is 16.8 Å². The van der Waals surface area contributed by atoms with Crippen molar-refractivity contribution in [3.63, 3.8) is 0 Å². The van der Waals surface area contributed by atoms with E-state index in [0.29, 0.717) is 5.02 Å². The van der Waals surface area contributed by atoms with E-state index >= 15 is 0 Å². The monoisotopic (exact) mass is 271 g/mol. The summed E-state index contributed by atoms with van der Waals surface area (Å²) in [6.07, 6.45) is 0. The lowest BCUT2D eigenvalue weighted by Gasteiger charge is -2.01. The Balaban J connectivity index is 2.38. The Labute approximate surface area is 109 Å². The average molecular weight is 272 g/mol. The van der Waals surface area contributed by atoms with Crippen molar-refractivity contribution in [2.75, 3.05) is 7.05 Å². The Morgan fingerprint density at radius 3 is 2.81 bits per heavy atom. The maximum atomic E-state index is 6.15. The highest BCUT2D eigenvalue weighted by Crippen LogP contribution is 2.34. The van der Waals surface area contributed by atoms with Crippen molar-refractivity contribution in [1.29, 1.82) is 0 Å². The molecule has 0 saturated heterocycles. The molecular formula is C12H11Cl2NS. The summed E-state index contributed by atoms with van der Waals surface area (Å²) in [5, 5.41) is 6.70. The second-order valence-corrected chi connectivity index (χ2v) is 5.23. The van der Waals surface area contributed by atoms with Crippen molar-refractivity contribution in [1.82, 2.24) is 5.32 Å². The lowest BCUT2D eigenvalue weighted by molar-refractivity contribution is 0.821. The molecule has 0 spiro atoms. The summed E-state index contributed by atoms with van der Waals surface area (Å²) in [5.74, 6) is 0. The van der Waals surface area contributed by atoms with Gasteiger partial charge in [-0.25, -0.2) is 0 Å². The Morgan fingerprint density at radius 2 is 2.06 bits per heavy atom. The standard InChI is InChI=1S/C12H11Cl2NS/c1-15-6-8-4-12(16-7-8)10-5-9(13)2-3-11(10)14/h2-5,7,15H,6H2,1H3. The van der Waals surface area contributed by atoms with Gasteiger partial charge in [-0.2, -0.15) is 0 Å². The maximum Gasteiger partial charge on any atom is 0.0493 e. The molecule has 0 radical (unpaired) electrons. The van der Waals surface area contributed by atoms with Gasteiger partial charge in [-0.15, -0.1) is 11.3 Å². The number of hydrogen-bond acceptors (Lipinski definition) is 2. The molecule has 0 unspecified atom stereocenters. The highest BCUT2D eigenvalue weighted by Gasteiger charge is 2.07. The van der Waals surface area contributed by atoms with Crippen molar-refractivity contribution in [3.8, 4) is 10.4 Å². The van der Waals surface area contributed by atoms with Crippen LogP contribution in [-0.2, 0) is 6.54 Å². The minimum Gasteiger partial charge on any atom is -0.316 e. The maximum absolute atomic E-state index is 6.15. The van der Waals surface area contributed by atoms with Gasteiger partial charge in [-0.05, 0) is 42.3 Å². The molecule has 0 amide bonds. The van der Waals surface area contributed by atoms with E-state index in [0.717, 1.165) is 22.0 Å². The minimum absolute atomic E-state index is 0.711. The van der Waals surface area contributed by atoms with E-state index in [1.165, 1.54) is 5.56 Å². The molecule has 4 heteroatoms. The van der Waals surface area contributed by atoms with Gasteiger partial charge in [0, 0.05) is 27.0 Å². The number of thiophene rings is 1. The van der Waals surface area contributed by atoms with E-state index in [4.69, 9.17) is 23.2 Å². The van der Waals surface area contributed by atoms with Crippen LogP contribution in [0.1, 0.15) is 5.56 Å². The van der Waals surface area contributed by atoms with Gasteiger partial charge < -0.3 is 5.32 Å². The summed E-state index contributed by atoms with van der Waals surface area (Å²) in [6.45, 7) is 0.870. The number of hydrogen-bond donors (Lipinski definition) is 1. The zero-order valence-electron chi connectivity index (χ0n) is 8.76. The van der Waals surface area contributed by atoms with Crippen LogP contribution in [0.15, 0.2) is 29.6 Å². The van der Waals surface area contributed by atoms with Crippen molar-refractivity contribution in [2.45, 2.75) is 6.54 Å².